The molecule has 3 atom stereocenters. The molecule has 3 unspecified atom stereocenters. The fourth-order valence-corrected chi connectivity index (χ4v) is 5.63. The molecule has 4 aliphatic rings. The molecule has 0 amide bonds. The molecule has 4 fully saturated rings. The summed E-state index contributed by atoms with van der Waals surface area (Å²) in [6, 6.07) is 0.588. The van der Waals surface area contributed by atoms with Crippen LogP contribution in [-0.4, -0.2) is 49.7 Å². The number of fused-ring (bicyclic) bond motifs is 2. The molecular weight excluding hydrogens is 274 g/mol. The van der Waals surface area contributed by atoms with Gasteiger partial charge in [0.1, 0.15) is 0 Å². The highest BCUT2D eigenvalue weighted by Gasteiger charge is 2.65. The average Bonchev–Trinajstić information content (AvgIpc) is 3.18. The lowest BCUT2D eigenvalue weighted by Gasteiger charge is -2.57. The van der Waals surface area contributed by atoms with Crippen molar-refractivity contribution in [2.45, 2.75) is 64.5 Å². The van der Waals surface area contributed by atoms with Crippen molar-refractivity contribution in [3.63, 3.8) is 0 Å². The smallest absolute Gasteiger partial charge is 0.193 e. The van der Waals surface area contributed by atoms with Crippen LogP contribution in [0, 0.1) is 16.7 Å². The first-order valence-corrected chi connectivity index (χ1v) is 9.16. The molecule has 2 aliphatic heterocycles. The van der Waals surface area contributed by atoms with Gasteiger partial charge in [-0.2, -0.15) is 0 Å². The molecule has 1 spiro atoms. The molecular formula is C18H31N3O. The second-order valence-corrected chi connectivity index (χ2v) is 8.69. The van der Waals surface area contributed by atoms with E-state index in [4.69, 9.17) is 4.74 Å². The Bertz CT molecular complexity index is 467. The van der Waals surface area contributed by atoms with Gasteiger partial charge < -0.3 is 15.0 Å². The van der Waals surface area contributed by atoms with E-state index in [-0.39, 0.29) is 0 Å². The number of rotatable bonds is 1. The maximum absolute atomic E-state index is 6.10. The molecule has 0 aromatic heterocycles. The van der Waals surface area contributed by atoms with E-state index in [0.29, 0.717) is 28.9 Å². The molecule has 4 heteroatoms. The Labute approximate surface area is 134 Å². The Morgan fingerprint density at radius 3 is 2.64 bits per heavy atom. The lowest BCUT2D eigenvalue weighted by atomic mass is 9.54. The summed E-state index contributed by atoms with van der Waals surface area (Å²) >= 11 is 0. The first kappa shape index (κ1) is 14.8. The summed E-state index contributed by atoms with van der Waals surface area (Å²) in [6.07, 6.45) is 8.45. The minimum absolute atomic E-state index is 0.409. The number of nitrogens with zero attached hydrogens (tertiary/aromatic N) is 2. The minimum atomic E-state index is 0.409. The Hall–Kier alpha value is -0.770. The number of aliphatic imine (C=N–C) groups is 1. The van der Waals surface area contributed by atoms with Crippen molar-refractivity contribution in [3.05, 3.63) is 0 Å². The van der Waals surface area contributed by atoms with Crippen LogP contribution in [0.2, 0.25) is 0 Å². The molecule has 22 heavy (non-hydrogen) atoms. The maximum atomic E-state index is 6.10. The number of guanidine groups is 1. The van der Waals surface area contributed by atoms with Crippen LogP contribution in [0.5, 0.6) is 0 Å². The summed E-state index contributed by atoms with van der Waals surface area (Å²) in [7, 11) is 1.94. The van der Waals surface area contributed by atoms with Gasteiger partial charge in [0.25, 0.3) is 0 Å². The van der Waals surface area contributed by atoms with Gasteiger partial charge in [-0.05, 0) is 31.1 Å². The predicted octanol–water partition coefficient (Wildman–Crippen LogP) is 2.64. The Balaban J connectivity index is 1.49. The second-order valence-electron chi connectivity index (χ2n) is 8.69. The van der Waals surface area contributed by atoms with Gasteiger partial charge >= 0.3 is 0 Å². The molecule has 2 heterocycles. The van der Waals surface area contributed by atoms with E-state index >= 15 is 0 Å². The third-order valence-electron chi connectivity index (χ3n) is 6.76. The van der Waals surface area contributed by atoms with Gasteiger partial charge in [0.2, 0.25) is 0 Å². The van der Waals surface area contributed by atoms with Crippen LogP contribution in [0.4, 0.5) is 0 Å². The lowest BCUT2D eigenvalue weighted by molar-refractivity contribution is -0.125. The topological polar surface area (TPSA) is 36.9 Å². The highest BCUT2D eigenvalue weighted by molar-refractivity contribution is 5.81. The van der Waals surface area contributed by atoms with Gasteiger partial charge in [-0.15, -0.1) is 0 Å². The lowest BCUT2D eigenvalue weighted by Crippen LogP contribution is -2.69. The van der Waals surface area contributed by atoms with E-state index in [9.17, 15) is 0 Å². The fraction of sp³-hybridized carbons (Fsp3) is 0.944. The van der Waals surface area contributed by atoms with Crippen molar-refractivity contribution < 1.29 is 4.74 Å². The standard InChI is InChI=1S/C18H31N3O/c1-17(2)9-10-21(12-17)16(19-3)20-14-13-6-11-22-15(13)18(14)7-4-5-8-18/h13-15H,4-12H2,1-3H3,(H,19,20). The largest absolute Gasteiger partial charge is 0.377 e. The van der Waals surface area contributed by atoms with E-state index in [0.717, 1.165) is 25.7 Å². The van der Waals surface area contributed by atoms with Crippen molar-refractivity contribution in [1.29, 1.82) is 0 Å². The Kier molecular flexibility index (Phi) is 3.44. The monoisotopic (exact) mass is 305 g/mol. The summed E-state index contributed by atoms with van der Waals surface area (Å²) in [5.41, 5.74) is 0.827. The number of hydrogen-bond acceptors (Lipinski definition) is 2. The number of hydrogen-bond donors (Lipinski definition) is 1. The number of likely N-dealkylation sites (tertiary alicyclic amines) is 1. The van der Waals surface area contributed by atoms with Crippen LogP contribution in [0.3, 0.4) is 0 Å². The molecule has 0 bridgehead atoms. The zero-order valence-electron chi connectivity index (χ0n) is 14.4. The van der Waals surface area contributed by atoms with Gasteiger partial charge in [0.05, 0.1) is 6.10 Å². The molecule has 4 rings (SSSR count). The van der Waals surface area contributed by atoms with Gasteiger partial charge in [-0.1, -0.05) is 26.7 Å². The van der Waals surface area contributed by atoms with Crippen LogP contribution in [0.1, 0.15) is 52.4 Å². The van der Waals surface area contributed by atoms with Crippen molar-refractivity contribution in [1.82, 2.24) is 10.2 Å². The fourth-order valence-electron chi connectivity index (χ4n) is 5.63. The average molecular weight is 305 g/mol. The van der Waals surface area contributed by atoms with Gasteiger partial charge in [-0.25, -0.2) is 0 Å². The number of nitrogens with one attached hydrogen (secondary N) is 1. The summed E-state index contributed by atoms with van der Waals surface area (Å²) in [5.74, 6) is 1.85. The highest BCUT2D eigenvalue weighted by Crippen LogP contribution is 2.60. The summed E-state index contributed by atoms with van der Waals surface area (Å²) < 4.78 is 6.10. The minimum Gasteiger partial charge on any atom is -0.377 e. The number of ether oxygens (including phenoxy) is 1. The van der Waals surface area contributed by atoms with Gasteiger partial charge in [0.15, 0.2) is 5.96 Å². The van der Waals surface area contributed by atoms with Crippen LogP contribution >= 0.6 is 0 Å². The zero-order chi connectivity index (χ0) is 15.4. The first-order chi connectivity index (χ1) is 10.6. The quantitative estimate of drug-likeness (QED) is 0.598. The molecule has 2 saturated carbocycles. The Morgan fingerprint density at radius 1 is 1.23 bits per heavy atom. The van der Waals surface area contributed by atoms with Crippen molar-refractivity contribution in [2.75, 3.05) is 26.7 Å². The SMILES string of the molecule is CN=C(NC1C2CCOC2C12CCCC2)N1CCC(C)(C)C1. The molecule has 1 N–H and O–H groups in total. The van der Waals surface area contributed by atoms with Gasteiger partial charge in [0, 0.05) is 44.1 Å². The summed E-state index contributed by atoms with van der Waals surface area (Å²) in [6.45, 7) is 7.95. The van der Waals surface area contributed by atoms with E-state index in [1.54, 1.807) is 0 Å². The molecule has 0 radical (unpaired) electrons. The third-order valence-corrected chi connectivity index (χ3v) is 6.76. The molecule has 2 saturated heterocycles. The first-order valence-electron chi connectivity index (χ1n) is 9.16. The van der Waals surface area contributed by atoms with E-state index in [1.165, 1.54) is 38.5 Å². The molecule has 2 aliphatic carbocycles. The van der Waals surface area contributed by atoms with Crippen LogP contribution in [-0.2, 0) is 4.74 Å². The van der Waals surface area contributed by atoms with E-state index in [2.05, 4.69) is 29.1 Å². The molecule has 4 nitrogen and oxygen atoms in total. The Morgan fingerprint density at radius 2 is 2.00 bits per heavy atom. The summed E-state index contributed by atoms with van der Waals surface area (Å²) in [5, 5.41) is 3.88. The van der Waals surface area contributed by atoms with Crippen molar-refractivity contribution in [2.24, 2.45) is 21.7 Å². The predicted molar refractivity (Wildman–Crippen MR) is 89.0 cm³/mol. The highest BCUT2D eigenvalue weighted by atomic mass is 16.5. The van der Waals surface area contributed by atoms with Crippen LogP contribution < -0.4 is 5.32 Å². The van der Waals surface area contributed by atoms with E-state index in [1.807, 2.05) is 7.05 Å². The third kappa shape index (κ3) is 2.10. The van der Waals surface area contributed by atoms with Crippen molar-refractivity contribution in [3.8, 4) is 0 Å². The summed E-state index contributed by atoms with van der Waals surface area (Å²) in [4.78, 5) is 7.08. The van der Waals surface area contributed by atoms with Crippen LogP contribution in [0.15, 0.2) is 4.99 Å². The zero-order valence-corrected chi connectivity index (χ0v) is 14.4. The molecule has 0 aromatic carbocycles. The normalized spacial score (nSPS) is 39.1. The second kappa shape index (κ2) is 5.12. The molecule has 0 aromatic rings. The van der Waals surface area contributed by atoms with Crippen molar-refractivity contribution >= 4 is 5.96 Å². The van der Waals surface area contributed by atoms with Crippen LogP contribution in [0.25, 0.3) is 0 Å². The molecule has 124 valence electrons. The maximum Gasteiger partial charge on any atom is 0.193 e. The van der Waals surface area contributed by atoms with E-state index < -0.39 is 0 Å². The van der Waals surface area contributed by atoms with Gasteiger partial charge in [-0.3, -0.25) is 4.99 Å².